The van der Waals surface area contributed by atoms with Gasteiger partial charge in [-0.05, 0) is 43.5 Å². The highest BCUT2D eigenvalue weighted by Crippen LogP contribution is 2.46. The molecule has 3 aromatic rings. The summed E-state index contributed by atoms with van der Waals surface area (Å²) in [5.74, 6) is 0.947. The molecule has 3 N–H and O–H groups in total. The van der Waals surface area contributed by atoms with Gasteiger partial charge in [0.15, 0.2) is 0 Å². The SMILES string of the molecule is Cc1nccn1CC1(CNC(=O)c2cccc(-c3cnccc3N)c2)CC1. The van der Waals surface area contributed by atoms with Gasteiger partial charge in [-0.15, -0.1) is 0 Å². The summed E-state index contributed by atoms with van der Waals surface area (Å²) in [5.41, 5.74) is 9.18. The Labute approximate surface area is 158 Å². The summed E-state index contributed by atoms with van der Waals surface area (Å²) in [6.45, 7) is 3.57. The van der Waals surface area contributed by atoms with Gasteiger partial charge in [-0.1, -0.05) is 12.1 Å². The maximum absolute atomic E-state index is 12.7. The molecule has 138 valence electrons. The lowest BCUT2D eigenvalue weighted by molar-refractivity contribution is 0.0943. The van der Waals surface area contributed by atoms with E-state index >= 15 is 0 Å². The van der Waals surface area contributed by atoms with Gasteiger partial charge in [-0.25, -0.2) is 4.98 Å². The van der Waals surface area contributed by atoms with E-state index in [2.05, 4.69) is 19.9 Å². The van der Waals surface area contributed by atoms with Crippen LogP contribution in [0.15, 0.2) is 55.1 Å². The molecule has 6 nitrogen and oxygen atoms in total. The number of carbonyl (C=O) groups is 1. The van der Waals surface area contributed by atoms with Crippen LogP contribution in [0.25, 0.3) is 11.1 Å². The average molecular weight is 361 g/mol. The molecule has 0 bridgehead atoms. The molecule has 1 amide bonds. The highest BCUT2D eigenvalue weighted by Gasteiger charge is 2.43. The average Bonchev–Trinajstić information content (AvgIpc) is 3.34. The molecule has 1 fully saturated rings. The molecule has 2 heterocycles. The lowest BCUT2D eigenvalue weighted by atomic mass is 10.0. The van der Waals surface area contributed by atoms with Crippen molar-refractivity contribution < 1.29 is 4.79 Å². The number of hydrogen-bond donors (Lipinski definition) is 2. The topological polar surface area (TPSA) is 85.8 Å². The molecular formula is C21H23N5O. The summed E-state index contributed by atoms with van der Waals surface area (Å²) >= 11 is 0. The highest BCUT2D eigenvalue weighted by molar-refractivity contribution is 5.95. The van der Waals surface area contributed by atoms with Crippen molar-refractivity contribution in [2.24, 2.45) is 5.41 Å². The van der Waals surface area contributed by atoms with Crippen LogP contribution in [-0.2, 0) is 6.54 Å². The summed E-state index contributed by atoms with van der Waals surface area (Å²) < 4.78 is 2.16. The Hall–Kier alpha value is -3.15. The zero-order valence-electron chi connectivity index (χ0n) is 15.4. The second kappa shape index (κ2) is 6.87. The molecule has 1 aromatic carbocycles. The van der Waals surface area contributed by atoms with Gasteiger partial charge in [-0.2, -0.15) is 0 Å². The van der Waals surface area contributed by atoms with Crippen LogP contribution >= 0.6 is 0 Å². The number of pyridine rings is 1. The van der Waals surface area contributed by atoms with Crippen molar-refractivity contribution in [2.75, 3.05) is 12.3 Å². The first-order valence-electron chi connectivity index (χ1n) is 9.12. The molecule has 6 heteroatoms. The Kier molecular flexibility index (Phi) is 4.39. The van der Waals surface area contributed by atoms with Gasteiger partial charge >= 0.3 is 0 Å². The Morgan fingerprint density at radius 2 is 2.15 bits per heavy atom. The molecule has 0 spiro atoms. The monoisotopic (exact) mass is 361 g/mol. The van der Waals surface area contributed by atoms with Crippen molar-refractivity contribution in [2.45, 2.75) is 26.3 Å². The van der Waals surface area contributed by atoms with E-state index in [1.165, 1.54) is 0 Å². The lowest BCUT2D eigenvalue weighted by Gasteiger charge is -2.18. The van der Waals surface area contributed by atoms with Gasteiger partial charge < -0.3 is 15.6 Å². The van der Waals surface area contributed by atoms with Crippen molar-refractivity contribution in [1.29, 1.82) is 0 Å². The molecule has 0 saturated heterocycles. The van der Waals surface area contributed by atoms with Gasteiger partial charge in [0.1, 0.15) is 5.82 Å². The number of nitrogens with two attached hydrogens (primary N) is 1. The summed E-state index contributed by atoms with van der Waals surface area (Å²) in [5, 5.41) is 3.11. The van der Waals surface area contributed by atoms with E-state index in [0.29, 0.717) is 17.8 Å². The zero-order valence-corrected chi connectivity index (χ0v) is 15.4. The Balaban J connectivity index is 1.44. The summed E-state index contributed by atoms with van der Waals surface area (Å²) in [6, 6.07) is 9.26. The summed E-state index contributed by atoms with van der Waals surface area (Å²) in [7, 11) is 0. The number of imidazole rings is 1. The number of nitrogens with one attached hydrogen (secondary N) is 1. The standard InChI is InChI=1S/C21H23N5O/c1-15-24-9-10-26(15)14-21(6-7-21)13-25-20(27)17-4-2-3-16(11-17)18-12-23-8-5-19(18)22/h2-5,8-12H,6-7,13-14H2,1H3,(H2,22,23)(H,25,27). The van der Waals surface area contributed by atoms with Crippen LogP contribution in [-0.4, -0.2) is 27.0 Å². The van der Waals surface area contributed by atoms with Gasteiger partial charge in [0.2, 0.25) is 0 Å². The molecule has 1 aliphatic rings. The molecule has 1 saturated carbocycles. The van der Waals surface area contributed by atoms with Crippen molar-refractivity contribution >= 4 is 11.6 Å². The maximum atomic E-state index is 12.7. The number of carbonyl (C=O) groups excluding carboxylic acids is 1. The number of rotatable bonds is 6. The molecule has 0 unspecified atom stereocenters. The quantitative estimate of drug-likeness (QED) is 0.706. The number of amides is 1. The second-order valence-corrected chi connectivity index (χ2v) is 7.33. The fourth-order valence-corrected chi connectivity index (χ4v) is 3.34. The molecule has 0 radical (unpaired) electrons. The van der Waals surface area contributed by atoms with Crippen LogP contribution < -0.4 is 11.1 Å². The summed E-state index contributed by atoms with van der Waals surface area (Å²) in [4.78, 5) is 21.1. The van der Waals surface area contributed by atoms with E-state index in [1.807, 2.05) is 43.6 Å². The van der Waals surface area contributed by atoms with E-state index in [9.17, 15) is 4.79 Å². The molecule has 2 aromatic heterocycles. The molecule has 0 aliphatic heterocycles. The van der Waals surface area contributed by atoms with Crippen LogP contribution in [0.4, 0.5) is 5.69 Å². The van der Waals surface area contributed by atoms with E-state index < -0.39 is 0 Å². The van der Waals surface area contributed by atoms with Crippen molar-refractivity contribution in [3.8, 4) is 11.1 Å². The van der Waals surface area contributed by atoms with Gasteiger partial charge in [0, 0.05) is 60.1 Å². The minimum atomic E-state index is -0.0621. The molecule has 0 atom stereocenters. The van der Waals surface area contributed by atoms with Crippen molar-refractivity contribution in [1.82, 2.24) is 19.9 Å². The predicted octanol–water partition coefficient (Wildman–Crippen LogP) is 3.05. The first kappa shape index (κ1) is 17.3. The largest absolute Gasteiger partial charge is 0.398 e. The van der Waals surface area contributed by atoms with E-state index in [4.69, 9.17) is 5.73 Å². The Morgan fingerprint density at radius 1 is 1.30 bits per heavy atom. The molecule has 1 aliphatic carbocycles. The van der Waals surface area contributed by atoms with Crippen LogP contribution in [0.2, 0.25) is 0 Å². The maximum Gasteiger partial charge on any atom is 0.251 e. The van der Waals surface area contributed by atoms with E-state index in [0.717, 1.165) is 36.3 Å². The normalized spacial score (nSPS) is 14.7. The zero-order chi connectivity index (χ0) is 18.9. The lowest BCUT2D eigenvalue weighted by Crippen LogP contribution is -2.32. The van der Waals surface area contributed by atoms with Gasteiger partial charge in [0.25, 0.3) is 5.91 Å². The van der Waals surface area contributed by atoms with Crippen molar-refractivity contribution in [3.05, 3.63) is 66.5 Å². The summed E-state index contributed by atoms with van der Waals surface area (Å²) in [6.07, 6.45) is 9.44. The number of nitrogens with zero attached hydrogens (tertiary/aromatic N) is 3. The fourth-order valence-electron chi connectivity index (χ4n) is 3.34. The molecule has 4 rings (SSSR count). The number of nitrogen functional groups attached to an aromatic ring is 1. The third-order valence-corrected chi connectivity index (χ3v) is 5.30. The third kappa shape index (κ3) is 3.69. The van der Waals surface area contributed by atoms with E-state index in [1.54, 1.807) is 18.5 Å². The first-order chi connectivity index (χ1) is 13.1. The van der Waals surface area contributed by atoms with E-state index in [-0.39, 0.29) is 11.3 Å². The number of aryl methyl sites for hydroxylation is 1. The number of aromatic nitrogens is 3. The van der Waals surface area contributed by atoms with Crippen LogP contribution in [0.5, 0.6) is 0 Å². The van der Waals surface area contributed by atoms with Gasteiger partial charge in [0.05, 0.1) is 0 Å². The minimum absolute atomic E-state index is 0.0621. The first-order valence-corrected chi connectivity index (χ1v) is 9.12. The molecular weight excluding hydrogens is 338 g/mol. The minimum Gasteiger partial charge on any atom is -0.398 e. The third-order valence-electron chi connectivity index (χ3n) is 5.30. The predicted molar refractivity (Wildman–Crippen MR) is 105 cm³/mol. The number of hydrogen-bond acceptors (Lipinski definition) is 4. The Bertz CT molecular complexity index is 974. The second-order valence-electron chi connectivity index (χ2n) is 7.33. The van der Waals surface area contributed by atoms with Crippen LogP contribution in [0.1, 0.15) is 29.0 Å². The fraction of sp³-hybridized carbons (Fsp3) is 0.286. The molecule has 27 heavy (non-hydrogen) atoms. The Morgan fingerprint density at radius 3 is 2.85 bits per heavy atom. The van der Waals surface area contributed by atoms with Gasteiger partial charge in [-0.3, -0.25) is 9.78 Å². The van der Waals surface area contributed by atoms with Crippen molar-refractivity contribution in [3.63, 3.8) is 0 Å². The smallest absolute Gasteiger partial charge is 0.251 e. The van der Waals surface area contributed by atoms with Crippen LogP contribution in [0.3, 0.4) is 0 Å². The number of benzene rings is 1. The highest BCUT2D eigenvalue weighted by atomic mass is 16.1. The number of anilines is 1. The van der Waals surface area contributed by atoms with Crippen LogP contribution in [0, 0.1) is 12.3 Å².